The van der Waals surface area contributed by atoms with Crippen LogP contribution in [0.1, 0.15) is 24.5 Å². The number of aromatic amines is 2. The predicted molar refractivity (Wildman–Crippen MR) is 74.8 cm³/mol. The van der Waals surface area contributed by atoms with Crippen molar-refractivity contribution in [2.24, 2.45) is 0 Å². The highest BCUT2D eigenvalue weighted by Crippen LogP contribution is 2.31. The molecule has 0 saturated carbocycles. The van der Waals surface area contributed by atoms with Gasteiger partial charge in [-0.2, -0.15) is 0 Å². The second kappa shape index (κ2) is 4.42. The SMILES string of the molecule is O=c1[nH]c2c(C3CCOCC3)nc3cccnc3c2[nH]1. The molecule has 0 bridgehead atoms. The van der Waals surface area contributed by atoms with Crippen LogP contribution in [0.3, 0.4) is 0 Å². The summed E-state index contributed by atoms with van der Waals surface area (Å²) in [5.41, 5.74) is 3.82. The average molecular weight is 270 g/mol. The third kappa shape index (κ3) is 1.72. The van der Waals surface area contributed by atoms with E-state index in [9.17, 15) is 4.79 Å². The number of nitrogens with zero attached hydrogens (tertiary/aromatic N) is 2. The number of hydrogen-bond acceptors (Lipinski definition) is 4. The number of H-pyrrole nitrogens is 2. The first-order chi connectivity index (χ1) is 9.83. The summed E-state index contributed by atoms with van der Waals surface area (Å²) < 4.78 is 5.41. The van der Waals surface area contributed by atoms with Crippen molar-refractivity contribution in [3.63, 3.8) is 0 Å². The Morgan fingerprint density at radius 3 is 2.85 bits per heavy atom. The summed E-state index contributed by atoms with van der Waals surface area (Å²) in [7, 11) is 0. The van der Waals surface area contributed by atoms with Gasteiger partial charge in [0.05, 0.1) is 22.2 Å². The highest BCUT2D eigenvalue weighted by molar-refractivity contribution is 6.00. The van der Waals surface area contributed by atoms with Gasteiger partial charge in [-0.25, -0.2) is 9.78 Å². The lowest BCUT2D eigenvalue weighted by molar-refractivity contribution is 0.0848. The Morgan fingerprint density at radius 2 is 2.00 bits per heavy atom. The minimum absolute atomic E-state index is 0.215. The van der Waals surface area contributed by atoms with Crippen LogP contribution in [-0.2, 0) is 4.74 Å². The maximum Gasteiger partial charge on any atom is 0.323 e. The van der Waals surface area contributed by atoms with E-state index in [1.54, 1.807) is 6.20 Å². The Bertz CT molecular complexity index is 830. The minimum atomic E-state index is -0.215. The summed E-state index contributed by atoms with van der Waals surface area (Å²) in [5.74, 6) is 0.322. The monoisotopic (exact) mass is 270 g/mol. The minimum Gasteiger partial charge on any atom is -0.381 e. The third-order valence-corrected chi connectivity index (χ3v) is 3.86. The Kier molecular flexibility index (Phi) is 2.56. The molecule has 3 aromatic rings. The zero-order valence-corrected chi connectivity index (χ0v) is 10.8. The van der Waals surface area contributed by atoms with E-state index in [4.69, 9.17) is 9.72 Å². The van der Waals surface area contributed by atoms with Crippen molar-refractivity contribution < 1.29 is 4.74 Å². The lowest BCUT2D eigenvalue weighted by Crippen LogP contribution is -2.15. The Hall–Kier alpha value is -2.21. The molecule has 0 spiro atoms. The first-order valence-corrected chi connectivity index (χ1v) is 6.77. The molecule has 0 atom stereocenters. The van der Waals surface area contributed by atoms with Crippen LogP contribution < -0.4 is 5.69 Å². The van der Waals surface area contributed by atoms with Gasteiger partial charge in [-0.3, -0.25) is 4.98 Å². The van der Waals surface area contributed by atoms with E-state index < -0.39 is 0 Å². The van der Waals surface area contributed by atoms with E-state index >= 15 is 0 Å². The second-order valence-corrected chi connectivity index (χ2v) is 5.08. The number of pyridine rings is 2. The van der Waals surface area contributed by atoms with Gasteiger partial charge in [0.2, 0.25) is 0 Å². The van der Waals surface area contributed by atoms with Gasteiger partial charge in [-0.05, 0) is 25.0 Å². The average Bonchev–Trinajstić information content (AvgIpc) is 2.89. The van der Waals surface area contributed by atoms with Crippen LogP contribution in [0.25, 0.3) is 22.1 Å². The van der Waals surface area contributed by atoms with Gasteiger partial charge in [-0.1, -0.05) is 0 Å². The number of ether oxygens (including phenoxy) is 1. The van der Waals surface area contributed by atoms with Gasteiger partial charge in [0.15, 0.2) is 0 Å². The molecule has 1 aliphatic rings. The fourth-order valence-corrected chi connectivity index (χ4v) is 2.88. The molecular formula is C14H14N4O2. The smallest absolute Gasteiger partial charge is 0.323 e. The summed E-state index contributed by atoms with van der Waals surface area (Å²) in [6.07, 6.45) is 3.57. The molecule has 0 aliphatic carbocycles. The van der Waals surface area contributed by atoms with E-state index in [1.807, 2.05) is 12.1 Å². The molecule has 3 aromatic heterocycles. The lowest BCUT2D eigenvalue weighted by atomic mass is 9.95. The fourth-order valence-electron chi connectivity index (χ4n) is 2.88. The molecule has 0 unspecified atom stereocenters. The zero-order valence-electron chi connectivity index (χ0n) is 10.8. The summed E-state index contributed by atoms with van der Waals surface area (Å²) >= 11 is 0. The van der Waals surface area contributed by atoms with Crippen LogP contribution in [-0.4, -0.2) is 33.1 Å². The maximum absolute atomic E-state index is 11.7. The number of imidazole rings is 1. The molecule has 2 N–H and O–H groups in total. The second-order valence-electron chi connectivity index (χ2n) is 5.08. The molecule has 1 aliphatic heterocycles. The molecule has 4 rings (SSSR count). The normalized spacial score (nSPS) is 17.0. The molecule has 0 aromatic carbocycles. The summed E-state index contributed by atoms with van der Waals surface area (Å²) in [6.45, 7) is 1.49. The van der Waals surface area contributed by atoms with Crippen LogP contribution in [0, 0.1) is 0 Å². The van der Waals surface area contributed by atoms with Crippen LogP contribution in [0.5, 0.6) is 0 Å². The number of hydrogen-bond donors (Lipinski definition) is 2. The van der Waals surface area contributed by atoms with Gasteiger partial charge in [0.25, 0.3) is 0 Å². The number of nitrogens with one attached hydrogen (secondary N) is 2. The van der Waals surface area contributed by atoms with E-state index in [-0.39, 0.29) is 5.69 Å². The van der Waals surface area contributed by atoms with Crippen molar-refractivity contribution >= 4 is 22.1 Å². The molecule has 4 heterocycles. The lowest BCUT2D eigenvalue weighted by Gasteiger charge is -2.22. The molecule has 102 valence electrons. The molecule has 0 radical (unpaired) electrons. The van der Waals surface area contributed by atoms with Gasteiger partial charge in [-0.15, -0.1) is 0 Å². The first kappa shape index (κ1) is 11.6. The molecule has 20 heavy (non-hydrogen) atoms. The zero-order chi connectivity index (χ0) is 13.5. The Balaban J connectivity index is 2.04. The Labute approximate surface area is 114 Å². The van der Waals surface area contributed by atoms with Crippen molar-refractivity contribution in [1.82, 2.24) is 19.9 Å². The standard InChI is InChI=1S/C14H14N4O2/c19-14-17-12-10(8-3-6-20-7-4-8)16-9-2-1-5-15-11(9)13(12)18-14/h1-2,5,8H,3-4,6-7H2,(H2,17,18,19). The van der Waals surface area contributed by atoms with E-state index in [0.29, 0.717) is 5.92 Å². The Morgan fingerprint density at radius 1 is 1.20 bits per heavy atom. The van der Waals surface area contributed by atoms with Crippen molar-refractivity contribution in [3.8, 4) is 0 Å². The van der Waals surface area contributed by atoms with Crippen molar-refractivity contribution in [2.45, 2.75) is 18.8 Å². The molecule has 6 heteroatoms. The van der Waals surface area contributed by atoms with Gasteiger partial charge in [0, 0.05) is 25.3 Å². The predicted octanol–water partition coefficient (Wildman–Crippen LogP) is 1.69. The van der Waals surface area contributed by atoms with E-state index in [2.05, 4.69) is 15.0 Å². The van der Waals surface area contributed by atoms with Gasteiger partial charge >= 0.3 is 5.69 Å². The number of aromatic nitrogens is 4. The summed E-state index contributed by atoms with van der Waals surface area (Å²) in [6, 6.07) is 3.79. The maximum atomic E-state index is 11.7. The van der Waals surface area contributed by atoms with Gasteiger partial charge in [0.1, 0.15) is 5.52 Å². The van der Waals surface area contributed by atoms with Gasteiger partial charge < -0.3 is 14.7 Å². The van der Waals surface area contributed by atoms with Crippen LogP contribution in [0.4, 0.5) is 0 Å². The van der Waals surface area contributed by atoms with Crippen LogP contribution >= 0.6 is 0 Å². The van der Waals surface area contributed by atoms with Crippen molar-refractivity contribution in [2.75, 3.05) is 13.2 Å². The number of fused-ring (bicyclic) bond motifs is 3. The van der Waals surface area contributed by atoms with Crippen LogP contribution in [0.2, 0.25) is 0 Å². The molecule has 1 fully saturated rings. The largest absolute Gasteiger partial charge is 0.381 e. The van der Waals surface area contributed by atoms with Crippen LogP contribution in [0.15, 0.2) is 23.1 Å². The quantitative estimate of drug-likeness (QED) is 0.705. The highest BCUT2D eigenvalue weighted by atomic mass is 16.5. The topological polar surface area (TPSA) is 83.7 Å². The molecule has 1 saturated heterocycles. The summed E-state index contributed by atoms with van der Waals surface area (Å²) in [4.78, 5) is 26.4. The summed E-state index contributed by atoms with van der Waals surface area (Å²) in [5, 5.41) is 0. The van der Waals surface area contributed by atoms with E-state index in [0.717, 1.165) is 53.8 Å². The van der Waals surface area contributed by atoms with E-state index in [1.165, 1.54) is 0 Å². The van der Waals surface area contributed by atoms with Crippen molar-refractivity contribution in [3.05, 3.63) is 34.5 Å². The third-order valence-electron chi connectivity index (χ3n) is 3.86. The van der Waals surface area contributed by atoms with Crippen molar-refractivity contribution in [1.29, 1.82) is 0 Å². The first-order valence-electron chi connectivity index (χ1n) is 6.77. The highest BCUT2D eigenvalue weighted by Gasteiger charge is 2.22. The fraction of sp³-hybridized carbons (Fsp3) is 0.357. The molecule has 6 nitrogen and oxygen atoms in total. The molecular weight excluding hydrogens is 256 g/mol. The molecule has 0 amide bonds. The number of rotatable bonds is 1.